The number of aryl methyl sites for hydroxylation is 1. The second-order valence-electron chi connectivity index (χ2n) is 4.30. The number of aliphatic hydroxyl groups excluding tert-OH is 1. The van der Waals surface area contributed by atoms with E-state index >= 15 is 0 Å². The van der Waals surface area contributed by atoms with Gasteiger partial charge in [-0.05, 0) is 13.3 Å². The fourth-order valence-electron chi connectivity index (χ4n) is 1.64. The number of ether oxygens (including phenoxy) is 1. The Bertz CT molecular complexity index is 606. The Balaban J connectivity index is 2.24. The van der Waals surface area contributed by atoms with E-state index in [2.05, 4.69) is 5.10 Å². The van der Waals surface area contributed by atoms with Crippen LogP contribution >= 0.6 is 11.3 Å². The lowest BCUT2D eigenvalue weighted by molar-refractivity contribution is -0.385. The van der Waals surface area contributed by atoms with Crippen molar-refractivity contribution in [1.29, 1.82) is 0 Å². The monoisotopic (exact) mass is 297 g/mol. The topological polar surface area (TPSA) is 90.4 Å². The molecule has 0 spiro atoms. The van der Waals surface area contributed by atoms with Gasteiger partial charge in [0, 0.05) is 17.5 Å². The van der Waals surface area contributed by atoms with E-state index in [9.17, 15) is 15.2 Å². The number of hydrogen-bond donors (Lipinski definition) is 1. The van der Waals surface area contributed by atoms with Gasteiger partial charge < -0.3 is 9.84 Å². The largest absolute Gasteiger partial charge is 0.437 e. The number of aliphatic hydroxyl groups is 1. The molecule has 20 heavy (non-hydrogen) atoms. The molecule has 2 heterocycles. The SMILES string of the molecule is CCCn1cc(Oc2sc([C@H](C)O)cc2[N+](=O)[O-])cn1. The summed E-state index contributed by atoms with van der Waals surface area (Å²) in [5, 5.41) is 24.7. The normalized spacial score (nSPS) is 12.3. The van der Waals surface area contributed by atoms with Gasteiger partial charge in [0.2, 0.25) is 0 Å². The highest BCUT2D eigenvalue weighted by atomic mass is 32.1. The second kappa shape index (κ2) is 6.02. The molecule has 2 rings (SSSR count). The zero-order chi connectivity index (χ0) is 14.7. The molecule has 0 amide bonds. The number of nitro groups is 1. The summed E-state index contributed by atoms with van der Waals surface area (Å²) >= 11 is 1.06. The fraction of sp³-hybridized carbons (Fsp3) is 0.417. The smallest absolute Gasteiger partial charge is 0.323 e. The average molecular weight is 297 g/mol. The van der Waals surface area contributed by atoms with Gasteiger partial charge >= 0.3 is 5.69 Å². The Labute approximate surface area is 119 Å². The lowest BCUT2D eigenvalue weighted by Crippen LogP contribution is -1.95. The van der Waals surface area contributed by atoms with Crippen molar-refractivity contribution >= 4 is 17.0 Å². The minimum Gasteiger partial charge on any atom is -0.437 e. The molecule has 2 aromatic rings. The van der Waals surface area contributed by atoms with Crippen LogP contribution in [0.2, 0.25) is 0 Å². The van der Waals surface area contributed by atoms with Crippen molar-refractivity contribution in [2.45, 2.75) is 32.9 Å². The molecule has 2 aromatic heterocycles. The summed E-state index contributed by atoms with van der Waals surface area (Å²) in [7, 11) is 0. The Morgan fingerprint density at radius 3 is 3.00 bits per heavy atom. The fourth-order valence-corrected chi connectivity index (χ4v) is 2.58. The molecule has 0 aromatic carbocycles. The summed E-state index contributed by atoms with van der Waals surface area (Å²) in [6, 6.07) is 1.33. The summed E-state index contributed by atoms with van der Waals surface area (Å²) in [6.45, 7) is 4.34. The van der Waals surface area contributed by atoms with Crippen molar-refractivity contribution in [2.75, 3.05) is 0 Å². The Kier molecular flexibility index (Phi) is 4.35. The molecule has 0 bridgehead atoms. The van der Waals surface area contributed by atoms with E-state index in [4.69, 9.17) is 4.74 Å². The van der Waals surface area contributed by atoms with Crippen molar-refractivity contribution in [2.24, 2.45) is 0 Å². The van der Waals surface area contributed by atoms with Crippen LogP contribution in [0.1, 0.15) is 31.2 Å². The number of nitrogens with zero attached hydrogens (tertiary/aromatic N) is 3. The first-order valence-electron chi connectivity index (χ1n) is 6.17. The van der Waals surface area contributed by atoms with Gasteiger partial charge in [-0.1, -0.05) is 18.3 Å². The van der Waals surface area contributed by atoms with Crippen molar-refractivity contribution in [1.82, 2.24) is 9.78 Å². The van der Waals surface area contributed by atoms with E-state index < -0.39 is 11.0 Å². The third kappa shape index (κ3) is 3.14. The lowest BCUT2D eigenvalue weighted by atomic mass is 10.3. The van der Waals surface area contributed by atoms with Gasteiger partial charge in [-0.25, -0.2) is 0 Å². The summed E-state index contributed by atoms with van der Waals surface area (Å²) in [6.07, 6.45) is 3.38. The van der Waals surface area contributed by atoms with Crippen molar-refractivity contribution in [3.63, 3.8) is 0 Å². The summed E-state index contributed by atoms with van der Waals surface area (Å²) in [5.74, 6) is 0.445. The third-order valence-electron chi connectivity index (χ3n) is 2.58. The molecule has 0 saturated carbocycles. The zero-order valence-electron chi connectivity index (χ0n) is 11.1. The van der Waals surface area contributed by atoms with Crippen molar-refractivity contribution in [3.05, 3.63) is 33.5 Å². The van der Waals surface area contributed by atoms with E-state index in [0.717, 1.165) is 24.3 Å². The van der Waals surface area contributed by atoms with Crippen LogP contribution in [0.25, 0.3) is 0 Å². The predicted molar refractivity (Wildman–Crippen MR) is 74.2 cm³/mol. The van der Waals surface area contributed by atoms with Crippen LogP contribution in [0.15, 0.2) is 18.5 Å². The van der Waals surface area contributed by atoms with Gasteiger partial charge in [0.1, 0.15) is 0 Å². The minimum atomic E-state index is -0.765. The van der Waals surface area contributed by atoms with E-state index in [1.807, 2.05) is 6.92 Å². The Morgan fingerprint density at radius 1 is 1.65 bits per heavy atom. The molecule has 0 aliphatic heterocycles. The van der Waals surface area contributed by atoms with Crippen LogP contribution in [0.4, 0.5) is 5.69 Å². The number of thiophene rings is 1. The summed E-state index contributed by atoms with van der Waals surface area (Å²) < 4.78 is 7.22. The minimum absolute atomic E-state index is 0.144. The van der Waals surface area contributed by atoms with Crippen LogP contribution in [-0.4, -0.2) is 19.8 Å². The van der Waals surface area contributed by atoms with Gasteiger partial charge in [-0.15, -0.1) is 0 Å². The summed E-state index contributed by atoms with van der Waals surface area (Å²) in [5.41, 5.74) is -0.144. The molecule has 0 radical (unpaired) electrons. The highest BCUT2D eigenvalue weighted by molar-refractivity contribution is 7.14. The third-order valence-corrected chi connectivity index (χ3v) is 3.75. The highest BCUT2D eigenvalue weighted by Gasteiger charge is 2.23. The van der Waals surface area contributed by atoms with E-state index in [-0.39, 0.29) is 10.8 Å². The van der Waals surface area contributed by atoms with Gasteiger partial charge in [0.25, 0.3) is 5.06 Å². The molecule has 108 valence electrons. The van der Waals surface area contributed by atoms with Gasteiger partial charge in [-0.3, -0.25) is 14.8 Å². The first-order valence-corrected chi connectivity index (χ1v) is 6.99. The molecule has 0 fully saturated rings. The van der Waals surface area contributed by atoms with Crippen molar-refractivity contribution < 1.29 is 14.8 Å². The lowest BCUT2D eigenvalue weighted by Gasteiger charge is -1.99. The number of hydrogen-bond acceptors (Lipinski definition) is 6. The van der Waals surface area contributed by atoms with Crippen LogP contribution in [0.3, 0.4) is 0 Å². The zero-order valence-corrected chi connectivity index (χ0v) is 12.0. The van der Waals surface area contributed by atoms with Gasteiger partial charge in [0.05, 0.1) is 23.4 Å². The first kappa shape index (κ1) is 14.5. The van der Waals surface area contributed by atoms with Crippen LogP contribution in [-0.2, 0) is 6.54 Å². The van der Waals surface area contributed by atoms with Gasteiger partial charge in [-0.2, -0.15) is 5.10 Å². The maximum atomic E-state index is 11.0. The molecular formula is C12H15N3O4S. The molecule has 8 heteroatoms. The molecular weight excluding hydrogens is 282 g/mol. The maximum Gasteiger partial charge on any atom is 0.323 e. The Hall–Kier alpha value is -1.93. The molecule has 0 aliphatic carbocycles. The molecule has 1 N–H and O–H groups in total. The molecule has 7 nitrogen and oxygen atoms in total. The Morgan fingerprint density at radius 2 is 2.40 bits per heavy atom. The number of rotatable bonds is 6. The van der Waals surface area contributed by atoms with Gasteiger partial charge in [0.15, 0.2) is 5.75 Å². The van der Waals surface area contributed by atoms with E-state index in [0.29, 0.717) is 10.6 Å². The number of aromatic nitrogens is 2. The van der Waals surface area contributed by atoms with E-state index in [1.165, 1.54) is 12.3 Å². The molecule has 1 atom stereocenters. The average Bonchev–Trinajstić information content (AvgIpc) is 2.97. The van der Waals surface area contributed by atoms with Crippen LogP contribution in [0, 0.1) is 10.1 Å². The molecule has 0 unspecified atom stereocenters. The molecule has 0 aliphatic rings. The molecule has 0 saturated heterocycles. The maximum absolute atomic E-state index is 11.0. The highest BCUT2D eigenvalue weighted by Crippen LogP contribution is 2.41. The predicted octanol–water partition coefficient (Wildman–Crippen LogP) is 3.11. The second-order valence-corrected chi connectivity index (χ2v) is 5.34. The van der Waals surface area contributed by atoms with Crippen LogP contribution in [0.5, 0.6) is 10.8 Å². The van der Waals surface area contributed by atoms with Crippen LogP contribution < -0.4 is 4.74 Å². The standard InChI is InChI=1S/C12H15N3O4S/c1-3-4-14-7-9(6-13-14)19-12-10(15(17)18)5-11(20-12)8(2)16/h5-8,16H,3-4H2,1-2H3/t8-/m0/s1. The quantitative estimate of drug-likeness (QED) is 0.653. The first-order chi connectivity index (χ1) is 9.51. The van der Waals surface area contributed by atoms with Crippen molar-refractivity contribution in [3.8, 4) is 10.8 Å². The summed E-state index contributed by atoms with van der Waals surface area (Å²) in [4.78, 5) is 11.0. The van der Waals surface area contributed by atoms with E-state index in [1.54, 1.807) is 17.8 Å².